The van der Waals surface area contributed by atoms with E-state index in [-0.39, 0.29) is 31.1 Å². The molecule has 0 radical (unpaired) electrons. The number of thiophene rings is 1. The smallest absolute Gasteiger partial charge is 0.361 e. The van der Waals surface area contributed by atoms with Gasteiger partial charge in [0.1, 0.15) is 0 Å². The van der Waals surface area contributed by atoms with E-state index in [1.807, 2.05) is 13.0 Å². The van der Waals surface area contributed by atoms with Gasteiger partial charge in [-0.3, -0.25) is 14.4 Å². The second-order valence-electron chi connectivity index (χ2n) is 9.05. The zero-order valence-corrected chi connectivity index (χ0v) is 20.9. The van der Waals surface area contributed by atoms with E-state index in [0.29, 0.717) is 12.1 Å². The number of piperidine rings is 1. The van der Waals surface area contributed by atoms with Crippen molar-refractivity contribution in [1.29, 1.82) is 0 Å². The number of alkyl halides is 6. The van der Waals surface area contributed by atoms with Crippen molar-refractivity contribution >= 4 is 29.1 Å². The number of nitrogens with two attached hydrogens (primary N) is 1. The fraction of sp³-hybridized carbons (Fsp3) is 0.458. The summed E-state index contributed by atoms with van der Waals surface area (Å²) < 4.78 is 80.1. The molecule has 3 amide bonds. The van der Waals surface area contributed by atoms with Crippen LogP contribution < -0.4 is 5.73 Å². The Kier molecular flexibility index (Phi) is 7.96. The third-order valence-electron chi connectivity index (χ3n) is 6.69. The van der Waals surface area contributed by atoms with Gasteiger partial charge in [-0.1, -0.05) is 0 Å². The summed E-state index contributed by atoms with van der Waals surface area (Å²) in [5.41, 5.74) is 2.74. The van der Waals surface area contributed by atoms with Crippen molar-refractivity contribution in [1.82, 2.24) is 9.80 Å². The van der Waals surface area contributed by atoms with Gasteiger partial charge in [0.15, 0.2) is 0 Å². The maximum Gasteiger partial charge on any atom is 0.416 e. The largest absolute Gasteiger partial charge is 0.416 e. The SMILES string of the molecule is Cc1ccsc1C1CN(C(=O)C(N)=O)CCC1C(=O)N(C)[C@@H](C)c1cc(C(F)(F)F)cc(C(F)(F)F)c1. The van der Waals surface area contributed by atoms with Crippen LogP contribution in [0, 0.1) is 12.8 Å². The molecule has 1 fully saturated rings. The van der Waals surface area contributed by atoms with Crippen molar-refractivity contribution in [3.63, 3.8) is 0 Å². The summed E-state index contributed by atoms with van der Waals surface area (Å²) in [5.74, 6) is -3.79. The van der Waals surface area contributed by atoms with Crippen molar-refractivity contribution in [2.24, 2.45) is 11.7 Å². The number of carbonyl (C=O) groups is 3. The number of likely N-dealkylation sites (tertiary alicyclic amines) is 1. The molecule has 1 aliphatic heterocycles. The summed E-state index contributed by atoms with van der Waals surface area (Å²) in [6.45, 7) is 3.23. The first-order chi connectivity index (χ1) is 17.0. The number of nitrogens with zero attached hydrogens (tertiary/aromatic N) is 2. The van der Waals surface area contributed by atoms with E-state index in [1.165, 1.54) is 30.2 Å². The number of amides is 3. The second-order valence-corrected chi connectivity index (χ2v) is 10.00. The van der Waals surface area contributed by atoms with Crippen molar-refractivity contribution in [2.75, 3.05) is 20.1 Å². The van der Waals surface area contributed by atoms with Gasteiger partial charge in [0, 0.05) is 36.9 Å². The molecule has 0 bridgehead atoms. The van der Waals surface area contributed by atoms with Crippen LogP contribution in [0.2, 0.25) is 0 Å². The Labute approximate surface area is 213 Å². The van der Waals surface area contributed by atoms with Crippen LogP contribution in [0.4, 0.5) is 26.3 Å². The van der Waals surface area contributed by atoms with Gasteiger partial charge in [-0.25, -0.2) is 0 Å². The van der Waals surface area contributed by atoms with E-state index >= 15 is 0 Å². The van der Waals surface area contributed by atoms with Gasteiger partial charge in [0.05, 0.1) is 17.2 Å². The Hall–Kier alpha value is -3.09. The van der Waals surface area contributed by atoms with Crippen molar-refractivity contribution in [2.45, 2.75) is 44.6 Å². The summed E-state index contributed by atoms with van der Waals surface area (Å²) in [4.78, 5) is 40.4. The highest BCUT2D eigenvalue weighted by molar-refractivity contribution is 7.10. The number of benzene rings is 1. The first kappa shape index (κ1) is 28.5. The fourth-order valence-electron chi connectivity index (χ4n) is 4.51. The standard InChI is InChI=1S/C24H25F6N3O3S/c1-12-5-7-37-19(12)18-11-33(22(36)20(31)34)6-4-17(18)21(35)32(3)13(2)14-8-15(23(25,26)27)10-16(9-14)24(28,29)30/h5,7-10,13,17-18H,4,6,11H2,1-3H3,(H2,31,34)/t13-,17?,18?/m0/s1. The number of hydrogen-bond donors (Lipinski definition) is 1. The lowest BCUT2D eigenvalue weighted by Crippen LogP contribution is -2.50. The van der Waals surface area contributed by atoms with E-state index in [4.69, 9.17) is 5.73 Å². The highest BCUT2D eigenvalue weighted by Gasteiger charge is 2.42. The maximum atomic E-state index is 13.6. The van der Waals surface area contributed by atoms with E-state index in [1.54, 1.807) is 5.38 Å². The number of aryl methyl sites for hydroxylation is 1. The molecule has 2 aromatic rings. The maximum absolute atomic E-state index is 13.6. The molecule has 1 aromatic carbocycles. The normalized spacial score (nSPS) is 19.4. The molecule has 2 N–H and O–H groups in total. The first-order valence-electron chi connectivity index (χ1n) is 11.2. The summed E-state index contributed by atoms with van der Waals surface area (Å²) in [6, 6.07) is 1.96. The Balaban J connectivity index is 1.95. The van der Waals surface area contributed by atoms with Crippen molar-refractivity contribution in [3.05, 3.63) is 56.8 Å². The zero-order chi connectivity index (χ0) is 27.9. The molecule has 13 heteroatoms. The second kappa shape index (κ2) is 10.3. The fourth-order valence-corrected chi connectivity index (χ4v) is 5.60. The molecule has 1 aromatic heterocycles. The van der Waals surface area contributed by atoms with Crippen molar-refractivity contribution < 1.29 is 40.7 Å². The lowest BCUT2D eigenvalue weighted by Gasteiger charge is -2.40. The lowest BCUT2D eigenvalue weighted by atomic mass is 9.82. The predicted octanol–water partition coefficient (Wildman–Crippen LogP) is 4.73. The third-order valence-corrected chi connectivity index (χ3v) is 7.84. The molecule has 202 valence electrons. The van der Waals surface area contributed by atoms with E-state index in [2.05, 4.69) is 0 Å². The van der Waals surface area contributed by atoms with Gasteiger partial charge < -0.3 is 15.5 Å². The van der Waals surface area contributed by atoms with E-state index in [9.17, 15) is 40.7 Å². The molecule has 2 heterocycles. The minimum atomic E-state index is -5.01. The highest BCUT2D eigenvalue weighted by Crippen LogP contribution is 2.41. The first-order valence-corrected chi connectivity index (χ1v) is 12.1. The van der Waals surface area contributed by atoms with Crippen LogP contribution in [0.25, 0.3) is 0 Å². The average Bonchev–Trinajstić information content (AvgIpc) is 3.25. The van der Waals surface area contributed by atoms with Crippen LogP contribution in [-0.4, -0.2) is 47.7 Å². The number of hydrogen-bond acceptors (Lipinski definition) is 4. The van der Waals surface area contributed by atoms with Gasteiger partial charge in [-0.15, -0.1) is 11.3 Å². The minimum Gasteiger partial charge on any atom is -0.361 e. The van der Waals surface area contributed by atoms with Crippen LogP contribution in [0.1, 0.15) is 52.4 Å². The van der Waals surface area contributed by atoms with E-state index < -0.39 is 59.1 Å². The molecule has 1 aliphatic rings. The van der Waals surface area contributed by atoms with Crippen LogP contribution >= 0.6 is 11.3 Å². The van der Waals surface area contributed by atoms with Gasteiger partial charge >= 0.3 is 24.2 Å². The molecule has 3 atom stereocenters. The number of rotatable bonds is 4. The minimum absolute atomic E-state index is 0.0174. The van der Waals surface area contributed by atoms with Gasteiger partial charge in [-0.05, 0) is 61.0 Å². The Morgan fingerprint density at radius 1 is 1.08 bits per heavy atom. The van der Waals surface area contributed by atoms with Gasteiger partial charge in [0.2, 0.25) is 5.91 Å². The van der Waals surface area contributed by atoms with Gasteiger partial charge in [-0.2, -0.15) is 26.3 Å². The molecular formula is C24H25F6N3O3S. The van der Waals surface area contributed by atoms with Crippen LogP contribution in [0.5, 0.6) is 0 Å². The monoisotopic (exact) mass is 549 g/mol. The van der Waals surface area contributed by atoms with Crippen LogP contribution in [0.15, 0.2) is 29.6 Å². The van der Waals surface area contributed by atoms with E-state index in [0.717, 1.165) is 15.3 Å². The molecule has 3 rings (SSSR count). The molecule has 2 unspecified atom stereocenters. The molecule has 1 saturated heterocycles. The van der Waals surface area contributed by atoms with Crippen LogP contribution in [-0.2, 0) is 26.7 Å². The van der Waals surface area contributed by atoms with Crippen molar-refractivity contribution in [3.8, 4) is 0 Å². The third kappa shape index (κ3) is 6.08. The summed E-state index contributed by atoms with van der Waals surface area (Å²) in [7, 11) is 1.32. The molecule has 6 nitrogen and oxygen atoms in total. The molecule has 0 saturated carbocycles. The molecule has 0 aliphatic carbocycles. The van der Waals surface area contributed by atoms with Crippen LogP contribution in [0.3, 0.4) is 0 Å². The Bertz CT molecular complexity index is 1160. The summed E-state index contributed by atoms with van der Waals surface area (Å²) >= 11 is 1.35. The average molecular weight is 550 g/mol. The Morgan fingerprint density at radius 3 is 2.11 bits per heavy atom. The predicted molar refractivity (Wildman–Crippen MR) is 123 cm³/mol. The quantitative estimate of drug-likeness (QED) is 0.442. The zero-order valence-electron chi connectivity index (χ0n) is 20.1. The molecule has 37 heavy (non-hydrogen) atoms. The topological polar surface area (TPSA) is 83.7 Å². The number of halogens is 6. The lowest BCUT2D eigenvalue weighted by molar-refractivity contribution is -0.147. The highest BCUT2D eigenvalue weighted by atomic mass is 32.1. The summed E-state index contributed by atoms with van der Waals surface area (Å²) in [6.07, 6.45) is -9.90. The number of carbonyl (C=O) groups excluding carboxylic acids is 3. The Morgan fingerprint density at radius 2 is 1.65 bits per heavy atom. The molecular weight excluding hydrogens is 524 g/mol. The summed E-state index contributed by atoms with van der Waals surface area (Å²) in [5, 5.41) is 1.80. The van der Waals surface area contributed by atoms with Gasteiger partial charge in [0.25, 0.3) is 0 Å². The molecule has 0 spiro atoms. The number of primary amides is 1.